The molecule has 3 aromatic rings. The van der Waals surface area contributed by atoms with Crippen molar-refractivity contribution >= 4 is 28.4 Å². The summed E-state index contributed by atoms with van der Waals surface area (Å²) in [7, 11) is 0. The van der Waals surface area contributed by atoms with E-state index in [4.69, 9.17) is 0 Å². The van der Waals surface area contributed by atoms with Crippen molar-refractivity contribution in [3.05, 3.63) is 78.4 Å². The Kier molecular flexibility index (Phi) is 4.76. The second-order valence-corrected chi connectivity index (χ2v) is 6.11. The van der Waals surface area contributed by atoms with E-state index < -0.39 is 0 Å². The van der Waals surface area contributed by atoms with Crippen molar-refractivity contribution in [3.8, 4) is 0 Å². The van der Waals surface area contributed by atoms with Crippen molar-refractivity contribution < 1.29 is 4.79 Å². The molecular weight excluding hydrogens is 290 g/mol. The number of hydrogen-bond donors (Lipinski definition) is 1. The molecule has 0 aliphatic rings. The summed E-state index contributed by atoms with van der Waals surface area (Å²) < 4.78 is 0. The van der Waals surface area contributed by atoms with E-state index in [-0.39, 0.29) is 5.91 Å². The first-order valence-electron chi connectivity index (χ1n) is 7.23. The maximum Gasteiger partial charge on any atom is 0.230 e. The Bertz CT molecular complexity index is 771. The molecule has 1 N–H and O–H groups in total. The Morgan fingerprint density at radius 3 is 2.41 bits per heavy atom. The summed E-state index contributed by atoms with van der Waals surface area (Å²) in [5.41, 5.74) is 1.12. The molecule has 0 radical (unpaired) electrons. The number of hydrogen-bond acceptors (Lipinski definition) is 2. The van der Waals surface area contributed by atoms with Crippen molar-refractivity contribution in [1.29, 1.82) is 0 Å². The fourth-order valence-corrected chi connectivity index (χ4v) is 3.02. The Hall–Kier alpha value is -2.26. The minimum Gasteiger partial charge on any atom is -0.351 e. The number of fused-ring (bicyclic) bond motifs is 1. The standard InChI is InChI=1S/C19H17NOS/c21-19(14-22-18-8-2-1-3-9-18)20-13-15-10-11-16-6-4-5-7-17(16)12-15/h1-12H,13-14H2,(H,20,21). The largest absolute Gasteiger partial charge is 0.351 e. The zero-order chi connectivity index (χ0) is 15.2. The van der Waals surface area contributed by atoms with Crippen LogP contribution in [0.2, 0.25) is 0 Å². The summed E-state index contributed by atoms with van der Waals surface area (Å²) in [4.78, 5) is 13.0. The molecule has 0 fully saturated rings. The van der Waals surface area contributed by atoms with Crippen LogP contribution in [-0.4, -0.2) is 11.7 Å². The van der Waals surface area contributed by atoms with Gasteiger partial charge in [0.2, 0.25) is 5.91 Å². The van der Waals surface area contributed by atoms with Gasteiger partial charge >= 0.3 is 0 Å². The van der Waals surface area contributed by atoms with E-state index in [1.807, 2.05) is 42.5 Å². The third kappa shape index (κ3) is 3.89. The van der Waals surface area contributed by atoms with Gasteiger partial charge in [-0.1, -0.05) is 54.6 Å². The van der Waals surface area contributed by atoms with Crippen LogP contribution < -0.4 is 5.32 Å². The highest BCUT2D eigenvalue weighted by molar-refractivity contribution is 8.00. The molecule has 0 saturated heterocycles. The van der Waals surface area contributed by atoms with Crippen LogP contribution in [0, 0.1) is 0 Å². The lowest BCUT2D eigenvalue weighted by molar-refractivity contribution is -0.118. The summed E-state index contributed by atoms with van der Waals surface area (Å²) in [5.74, 6) is 0.499. The third-order valence-corrected chi connectivity index (χ3v) is 4.43. The molecule has 3 heteroatoms. The molecule has 3 rings (SSSR count). The van der Waals surface area contributed by atoms with Gasteiger partial charge in [0.15, 0.2) is 0 Å². The highest BCUT2D eigenvalue weighted by atomic mass is 32.2. The molecule has 1 amide bonds. The Morgan fingerprint density at radius 2 is 1.59 bits per heavy atom. The van der Waals surface area contributed by atoms with Gasteiger partial charge in [-0.15, -0.1) is 11.8 Å². The zero-order valence-electron chi connectivity index (χ0n) is 12.2. The number of thioether (sulfide) groups is 1. The minimum absolute atomic E-state index is 0.0574. The highest BCUT2D eigenvalue weighted by Gasteiger charge is 2.03. The molecule has 0 unspecified atom stereocenters. The van der Waals surface area contributed by atoms with Gasteiger partial charge in [0.05, 0.1) is 5.75 Å². The van der Waals surface area contributed by atoms with Crippen LogP contribution in [-0.2, 0) is 11.3 Å². The van der Waals surface area contributed by atoms with Crippen LogP contribution in [0.25, 0.3) is 10.8 Å². The number of carbonyl (C=O) groups excluding carboxylic acids is 1. The average Bonchev–Trinajstić information content (AvgIpc) is 2.59. The fourth-order valence-electron chi connectivity index (χ4n) is 2.27. The normalized spacial score (nSPS) is 10.5. The first-order valence-corrected chi connectivity index (χ1v) is 8.22. The van der Waals surface area contributed by atoms with Gasteiger partial charge in [-0.05, 0) is 34.5 Å². The lowest BCUT2D eigenvalue weighted by Crippen LogP contribution is -2.24. The zero-order valence-corrected chi connectivity index (χ0v) is 13.0. The van der Waals surface area contributed by atoms with Gasteiger partial charge in [0.1, 0.15) is 0 Å². The van der Waals surface area contributed by atoms with E-state index in [0.717, 1.165) is 10.5 Å². The van der Waals surface area contributed by atoms with Crippen LogP contribution >= 0.6 is 11.8 Å². The maximum absolute atomic E-state index is 11.9. The molecule has 0 aromatic heterocycles. The average molecular weight is 307 g/mol. The summed E-state index contributed by atoms with van der Waals surface area (Å²) in [6.07, 6.45) is 0. The van der Waals surface area contributed by atoms with Gasteiger partial charge in [-0.3, -0.25) is 4.79 Å². The van der Waals surface area contributed by atoms with E-state index in [1.54, 1.807) is 11.8 Å². The molecule has 0 saturated carbocycles. The number of rotatable bonds is 5. The molecule has 0 aliphatic carbocycles. The monoisotopic (exact) mass is 307 g/mol. The summed E-state index contributed by atoms with van der Waals surface area (Å²) in [6, 6.07) is 24.5. The first-order chi connectivity index (χ1) is 10.8. The fraction of sp³-hybridized carbons (Fsp3) is 0.105. The summed E-state index contributed by atoms with van der Waals surface area (Å²) in [6.45, 7) is 0.568. The van der Waals surface area contributed by atoms with Gasteiger partial charge in [-0.2, -0.15) is 0 Å². The molecule has 0 bridgehead atoms. The predicted octanol–water partition coefficient (Wildman–Crippen LogP) is 4.25. The molecule has 0 heterocycles. The molecule has 110 valence electrons. The number of amides is 1. The second-order valence-electron chi connectivity index (χ2n) is 5.06. The number of carbonyl (C=O) groups is 1. The second kappa shape index (κ2) is 7.14. The lowest BCUT2D eigenvalue weighted by Gasteiger charge is -2.07. The summed E-state index contributed by atoms with van der Waals surface area (Å²) >= 11 is 1.55. The topological polar surface area (TPSA) is 29.1 Å². The first kappa shape index (κ1) is 14.7. The van der Waals surface area contributed by atoms with Crippen LogP contribution in [0.1, 0.15) is 5.56 Å². The van der Waals surface area contributed by atoms with E-state index >= 15 is 0 Å². The Morgan fingerprint density at radius 1 is 0.864 bits per heavy atom. The quantitative estimate of drug-likeness (QED) is 0.714. The highest BCUT2D eigenvalue weighted by Crippen LogP contribution is 2.17. The third-order valence-electron chi connectivity index (χ3n) is 3.42. The van der Waals surface area contributed by atoms with Crippen LogP contribution in [0.3, 0.4) is 0 Å². The SMILES string of the molecule is O=C(CSc1ccccc1)NCc1ccc2ccccc2c1. The van der Waals surface area contributed by atoms with Gasteiger partial charge in [-0.25, -0.2) is 0 Å². The lowest BCUT2D eigenvalue weighted by atomic mass is 10.1. The van der Waals surface area contributed by atoms with Crippen molar-refractivity contribution in [3.63, 3.8) is 0 Å². The number of benzene rings is 3. The van der Waals surface area contributed by atoms with Crippen molar-refractivity contribution in [2.45, 2.75) is 11.4 Å². The van der Waals surface area contributed by atoms with E-state index in [9.17, 15) is 4.79 Å². The van der Waals surface area contributed by atoms with E-state index in [0.29, 0.717) is 12.3 Å². The van der Waals surface area contributed by atoms with Crippen LogP contribution in [0.15, 0.2) is 77.7 Å². The molecule has 3 aromatic carbocycles. The van der Waals surface area contributed by atoms with Crippen molar-refractivity contribution in [2.24, 2.45) is 0 Å². The molecule has 0 atom stereocenters. The van der Waals surface area contributed by atoms with Crippen molar-refractivity contribution in [1.82, 2.24) is 5.32 Å². The molecule has 22 heavy (non-hydrogen) atoms. The van der Waals surface area contributed by atoms with Gasteiger partial charge in [0.25, 0.3) is 0 Å². The van der Waals surface area contributed by atoms with Crippen LogP contribution in [0.5, 0.6) is 0 Å². The smallest absolute Gasteiger partial charge is 0.230 e. The maximum atomic E-state index is 11.9. The number of nitrogens with one attached hydrogen (secondary N) is 1. The predicted molar refractivity (Wildman–Crippen MR) is 93.0 cm³/mol. The molecule has 0 aliphatic heterocycles. The Labute approximate surface area is 134 Å². The van der Waals surface area contributed by atoms with E-state index in [2.05, 4.69) is 35.6 Å². The summed E-state index contributed by atoms with van der Waals surface area (Å²) in [5, 5.41) is 5.40. The minimum atomic E-state index is 0.0574. The van der Waals surface area contributed by atoms with Gasteiger partial charge < -0.3 is 5.32 Å². The van der Waals surface area contributed by atoms with Crippen LogP contribution in [0.4, 0.5) is 0 Å². The molecule has 2 nitrogen and oxygen atoms in total. The molecular formula is C19H17NOS. The van der Waals surface area contributed by atoms with Crippen molar-refractivity contribution in [2.75, 3.05) is 5.75 Å². The molecule has 0 spiro atoms. The Balaban J connectivity index is 1.53. The van der Waals surface area contributed by atoms with Gasteiger partial charge in [0, 0.05) is 11.4 Å². The van der Waals surface area contributed by atoms with E-state index in [1.165, 1.54) is 10.8 Å².